The van der Waals surface area contributed by atoms with Gasteiger partial charge in [0, 0.05) is 5.75 Å². The minimum Gasteiger partial charge on any atom is -0.469 e. The molecule has 1 heterocycles. The number of carbonyl (C=O) groups excluding carboxylic acids is 1. The maximum Gasteiger partial charge on any atom is 0.309 e. The standard InChI is InChI=1S/C10H16N4O2S/c1-7(10(15)16-2)5-17-6-9-11-12-13-14(9)8-3-4-8/h7-8H,3-6H2,1-2H3. The number of nitrogens with zero attached hydrogens (tertiary/aromatic N) is 4. The highest BCUT2D eigenvalue weighted by atomic mass is 32.2. The Morgan fingerprint density at radius 3 is 3.06 bits per heavy atom. The zero-order valence-corrected chi connectivity index (χ0v) is 10.8. The van der Waals surface area contributed by atoms with Gasteiger partial charge in [-0.2, -0.15) is 11.8 Å². The first-order valence-corrected chi connectivity index (χ1v) is 6.80. The van der Waals surface area contributed by atoms with Gasteiger partial charge < -0.3 is 4.74 Å². The fraction of sp³-hybridized carbons (Fsp3) is 0.800. The van der Waals surface area contributed by atoms with Gasteiger partial charge in [0.25, 0.3) is 0 Å². The van der Waals surface area contributed by atoms with Crippen LogP contribution in [0.2, 0.25) is 0 Å². The number of ether oxygens (including phenoxy) is 1. The summed E-state index contributed by atoms with van der Waals surface area (Å²) in [5.41, 5.74) is 0. The molecule has 0 bridgehead atoms. The lowest BCUT2D eigenvalue weighted by Crippen LogP contribution is -2.15. The highest BCUT2D eigenvalue weighted by Gasteiger charge is 2.27. The average Bonchev–Trinajstić information content (AvgIpc) is 3.08. The van der Waals surface area contributed by atoms with Crippen LogP contribution in [0.5, 0.6) is 0 Å². The van der Waals surface area contributed by atoms with Crippen molar-refractivity contribution in [3.05, 3.63) is 5.82 Å². The topological polar surface area (TPSA) is 69.9 Å². The van der Waals surface area contributed by atoms with Crippen LogP contribution >= 0.6 is 11.8 Å². The molecule has 1 atom stereocenters. The molecule has 1 aromatic heterocycles. The van der Waals surface area contributed by atoms with Gasteiger partial charge >= 0.3 is 5.97 Å². The van der Waals surface area contributed by atoms with Crippen LogP contribution in [0.4, 0.5) is 0 Å². The lowest BCUT2D eigenvalue weighted by atomic mass is 10.2. The van der Waals surface area contributed by atoms with Crippen molar-refractivity contribution in [2.24, 2.45) is 5.92 Å². The van der Waals surface area contributed by atoms with Crippen LogP contribution in [-0.2, 0) is 15.3 Å². The monoisotopic (exact) mass is 256 g/mol. The molecule has 1 aromatic rings. The number of esters is 1. The molecule has 0 N–H and O–H groups in total. The van der Waals surface area contributed by atoms with Gasteiger partial charge in [-0.25, -0.2) is 4.68 Å². The van der Waals surface area contributed by atoms with Crippen LogP contribution in [0.25, 0.3) is 0 Å². The molecular formula is C10H16N4O2S. The Bertz CT molecular complexity index is 391. The molecule has 7 heteroatoms. The van der Waals surface area contributed by atoms with Crippen molar-refractivity contribution in [3.63, 3.8) is 0 Å². The number of aromatic nitrogens is 4. The van der Waals surface area contributed by atoms with Crippen molar-refractivity contribution >= 4 is 17.7 Å². The van der Waals surface area contributed by atoms with Gasteiger partial charge in [-0.15, -0.1) is 5.10 Å². The largest absolute Gasteiger partial charge is 0.469 e. The highest BCUT2D eigenvalue weighted by Crippen LogP contribution is 2.35. The molecule has 0 aliphatic heterocycles. The van der Waals surface area contributed by atoms with E-state index in [0.717, 1.165) is 17.3 Å². The predicted octanol–water partition coefficient (Wildman–Crippen LogP) is 1.05. The van der Waals surface area contributed by atoms with E-state index < -0.39 is 0 Å². The van der Waals surface area contributed by atoms with Crippen LogP contribution < -0.4 is 0 Å². The number of hydrogen-bond donors (Lipinski definition) is 0. The fourth-order valence-electron chi connectivity index (χ4n) is 1.51. The normalized spacial score (nSPS) is 16.8. The minimum absolute atomic E-state index is 0.0877. The van der Waals surface area contributed by atoms with Crippen LogP contribution in [0.15, 0.2) is 0 Å². The second-order valence-corrected chi connectivity index (χ2v) is 5.24. The van der Waals surface area contributed by atoms with E-state index in [1.807, 2.05) is 11.6 Å². The predicted molar refractivity (Wildman–Crippen MR) is 63.4 cm³/mol. The van der Waals surface area contributed by atoms with Crippen LogP contribution in [0, 0.1) is 5.92 Å². The smallest absolute Gasteiger partial charge is 0.309 e. The molecule has 1 saturated carbocycles. The first-order valence-electron chi connectivity index (χ1n) is 5.64. The molecule has 0 amide bonds. The maximum atomic E-state index is 11.2. The zero-order chi connectivity index (χ0) is 12.3. The quantitative estimate of drug-likeness (QED) is 0.709. The van der Waals surface area contributed by atoms with E-state index in [2.05, 4.69) is 20.3 Å². The highest BCUT2D eigenvalue weighted by molar-refractivity contribution is 7.98. The molecule has 1 fully saturated rings. The summed E-state index contributed by atoms with van der Waals surface area (Å²) in [4.78, 5) is 11.2. The molecule has 6 nitrogen and oxygen atoms in total. The summed E-state index contributed by atoms with van der Waals surface area (Å²) in [7, 11) is 1.41. The van der Waals surface area contributed by atoms with Crippen molar-refractivity contribution in [3.8, 4) is 0 Å². The van der Waals surface area contributed by atoms with E-state index in [-0.39, 0.29) is 11.9 Å². The van der Waals surface area contributed by atoms with Crippen molar-refractivity contribution in [1.82, 2.24) is 20.2 Å². The summed E-state index contributed by atoms with van der Waals surface area (Å²) in [6.07, 6.45) is 2.34. The molecule has 1 unspecified atom stereocenters. The summed E-state index contributed by atoms with van der Waals surface area (Å²) in [6.45, 7) is 1.86. The Balaban J connectivity index is 1.78. The van der Waals surface area contributed by atoms with E-state index >= 15 is 0 Å². The van der Waals surface area contributed by atoms with Gasteiger partial charge in [0.05, 0.1) is 24.8 Å². The number of rotatable bonds is 6. The number of methoxy groups -OCH3 is 1. The molecule has 0 spiro atoms. The summed E-state index contributed by atoms with van der Waals surface area (Å²) in [6, 6.07) is 0.499. The fourth-order valence-corrected chi connectivity index (χ4v) is 2.49. The Morgan fingerprint density at radius 2 is 2.41 bits per heavy atom. The van der Waals surface area contributed by atoms with E-state index in [9.17, 15) is 4.79 Å². The summed E-state index contributed by atoms with van der Waals surface area (Å²) in [5, 5.41) is 11.7. The second kappa shape index (κ2) is 5.48. The number of tetrazole rings is 1. The SMILES string of the molecule is COC(=O)C(C)CSCc1nnnn1C1CC1. The van der Waals surface area contributed by atoms with Crippen molar-refractivity contribution in [2.45, 2.75) is 31.6 Å². The van der Waals surface area contributed by atoms with Gasteiger partial charge in [-0.3, -0.25) is 4.79 Å². The van der Waals surface area contributed by atoms with Crippen molar-refractivity contribution in [1.29, 1.82) is 0 Å². The third kappa shape index (κ3) is 3.18. The average molecular weight is 256 g/mol. The number of hydrogen-bond acceptors (Lipinski definition) is 6. The molecular weight excluding hydrogens is 240 g/mol. The van der Waals surface area contributed by atoms with Crippen molar-refractivity contribution < 1.29 is 9.53 Å². The maximum absolute atomic E-state index is 11.2. The van der Waals surface area contributed by atoms with Crippen LogP contribution in [0.3, 0.4) is 0 Å². The van der Waals surface area contributed by atoms with Gasteiger partial charge in [-0.1, -0.05) is 6.92 Å². The Labute approximate surface area is 104 Å². The number of thioether (sulfide) groups is 1. The van der Waals surface area contributed by atoms with Gasteiger partial charge in [0.1, 0.15) is 0 Å². The first-order chi connectivity index (χ1) is 8.22. The molecule has 94 valence electrons. The zero-order valence-electron chi connectivity index (χ0n) is 10.00. The third-order valence-electron chi connectivity index (χ3n) is 2.66. The van der Waals surface area contributed by atoms with Crippen LogP contribution in [0.1, 0.15) is 31.6 Å². The summed E-state index contributed by atoms with van der Waals surface area (Å²) < 4.78 is 6.57. The van der Waals surface area contributed by atoms with Gasteiger partial charge in [0.15, 0.2) is 5.82 Å². The molecule has 17 heavy (non-hydrogen) atoms. The van der Waals surface area contributed by atoms with E-state index in [1.54, 1.807) is 11.8 Å². The van der Waals surface area contributed by atoms with E-state index in [1.165, 1.54) is 20.0 Å². The lowest BCUT2D eigenvalue weighted by Gasteiger charge is -2.08. The molecule has 0 radical (unpaired) electrons. The Morgan fingerprint density at radius 1 is 1.65 bits per heavy atom. The van der Waals surface area contributed by atoms with Crippen LogP contribution in [-0.4, -0.2) is 39.0 Å². The lowest BCUT2D eigenvalue weighted by molar-refractivity contribution is -0.143. The Hall–Kier alpha value is -1.11. The van der Waals surface area contributed by atoms with E-state index in [0.29, 0.717) is 6.04 Å². The van der Waals surface area contributed by atoms with Gasteiger partial charge in [0.2, 0.25) is 0 Å². The first kappa shape index (κ1) is 12.3. The molecule has 1 aliphatic rings. The Kier molecular flexibility index (Phi) is 3.98. The molecule has 0 aromatic carbocycles. The molecule has 1 aliphatic carbocycles. The van der Waals surface area contributed by atoms with E-state index in [4.69, 9.17) is 0 Å². The summed E-state index contributed by atoms with van der Waals surface area (Å²) >= 11 is 1.66. The molecule has 2 rings (SSSR count). The summed E-state index contributed by atoms with van der Waals surface area (Å²) in [5.74, 6) is 2.11. The van der Waals surface area contributed by atoms with Crippen molar-refractivity contribution in [2.75, 3.05) is 12.9 Å². The number of carbonyl (C=O) groups is 1. The second-order valence-electron chi connectivity index (χ2n) is 4.21. The van der Waals surface area contributed by atoms with Gasteiger partial charge in [-0.05, 0) is 23.3 Å². The minimum atomic E-state index is -0.167. The third-order valence-corrected chi connectivity index (χ3v) is 3.85. The molecule has 0 saturated heterocycles.